The number of guanidine groups is 1. The van der Waals surface area contributed by atoms with Crippen LogP contribution in [0.2, 0.25) is 0 Å². The van der Waals surface area contributed by atoms with E-state index in [1.165, 1.54) is 83.5 Å². The minimum atomic E-state index is 0. The molecule has 0 radical (unpaired) electrons. The third-order valence-electron chi connectivity index (χ3n) is 6.77. The van der Waals surface area contributed by atoms with E-state index in [-0.39, 0.29) is 24.0 Å². The SMILES string of the molecule is CCNC(=NCC1CCCN(C(C)C)C1)N1CCC2(CCCCC2)C1.I. The summed E-state index contributed by atoms with van der Waals surface area (Å²) in [6, 6.07) is 0.671. The molecule has 3 fully saturated rings. The van der Waals surface area contributed by atoms with Crippen molar-refractivity contribution in [2.75, 3.05) is 39.3 Å². The van der Waals surface area contributed by atoms with Crippen molar-refractivity contribution in [3.05, 3.63) is 0 Å². The second kappa shape index (κ2) is 10.5. The summed E-state index contributed by atoms with van der Waals surface area (Å²) in [5, 5.41) is 3.58. The molecule has 4 nitrogen and oxygen atoms in total. The second-order valence-corrected chi connectivity index (χ2v) is 9.02. The molecule has 152 valence electrons. The van der Waals surface area contributed by atoms with Crippen molar-refractivity contribution in [2.45, 2.75) is 78.2 Å². The van der Waals surface area contributed by atoms with E-state index in [1.807, 2.05) is 0 Å². The molecule has 0 aromatic heterocycles. The van der Waals surface area contributed by atoms with Gasteiger partial charge in [-0.15, -0.1) is 24.0 Å². The molecule has 5 heteroatoms. The number of nitrogens with zero attached hydrogens (tertiary/aromatic N) is 3. The molecule has 2 aliphatic heterocycles. The fraction of sp³-hybridized carbons (Fsp3) is 0.952. The largest absolute Gasteiger partial charge is 0.357 e. The van der Waals surface area contributed by atoms with Crippen molar-refractivity contribution in [2.24, 2.45) is 16.3 Å². The van der Waals surface area contributed by atoms with E-state index in [2.05, 4.69) is 35.9 Å². The normalized spacial score (nSPS) is 27.0. The number of nitrogens with one attached hydrogen (secondary N) is 1. The maximum atomic E-state index is 5.10. The zero-order chi connectivity index (χ0) is 17.7. The zero-order valence-electron chi connectivity index (χ0n) is 17.3. The number of aliphatic imine (C=N–C) groups is 1. The van der Waals surface area contributed by atoms with Gasteiger partial charge in [0.05, 0.1) is 0 Å². The first-order chi connectivity index (χ1) is 12.1. The summed E-state index contributed by atoms with van der Waals surface area (Å²) >= 11 is 0. The third-order valence-corrected chi connectivity index (χ3v) is 6.77. The van der Waals surface area contributed by atoms with E-state index < -0.39 is 0 Å². The van der Waals surface area contributed by atoms with Gasteiger partial charge in [-0.1, -0.05) is 19.3 Å². The summed E-state index contributed by atoms with van der Waals surface area (Å²) in [5.74, 6) is 1.92. The van der Waals surface area contributed by atoms with Crippen LogP contribution in [0.25, 0.3) is 0 Å². The lowest BCUT2D eigenvalue weighted by Crippen LogP contribution is -2.43. The predicted molar refractivity (Wildman–Crippen MR) is 123 cm³/mol. The number of halogens is 1. The number of hydrogen-bond acceptors (Lipinski definition) is 2. The van der Waals surface area contributed by atoms with E-state index >= 15 is 0 Å². The van der Waals surface area contributed by atoms with Crippen LogP contribution in [-0.4, -0.2) is 61.1 Å². The van der Waals surface area contributed by atoms with Crippen molar-refractivity contribution < 1.29 is 0 Å². The molecular weight excluding hydrogens is 435 g/mol. The monoisotopic (exact) mass is 476 g/mol. The number of hydrogen-bond donors (Lipinski definition) is 1. The summed E-state index contributed by atoms with van der Waals surface area (Å²) < 4.78 is 0. The van der Waals surface area contributed by atoms with Gasteiger partial charge in [-0.05, 0) is 70.8 Å². The van der Waals surface area contributed by atoms with Gasteiger partial charge in [0, 0.05) is 38.8 Å². The first-order valence-electron chi connectivity index (χ1n) is 10.9. The standard InChI is InChI=1S/C21H40N4.HI/c1-4-22-20(23-15-19-9-8-13-24(16-19)18(2)3)25-14-12-21(17-25)10-6-5-7-11-21;/h18-19H,4-17H2,1-3H3,(H,22,23);1H. The molecule has 1 N–H and O–H groups in total. The highest BCUT2D eigenvalue weighted by Crippen LogP contribution is 2.43. The Kier molecular flexibility index (Phi) is 8.98. The second-order valence-electron chi connectivity index (χ2n) is 9.02. The van der Waals surface area contributed by atoms with Crippen molar-refractivity contribution in [3.8, 4) is 0 Å². The minimum Gasteiger partial charge on any atom is -0.357 e. The van der Waals surface area contributed by atoms with Crippen LogP contribution in [0.5, 0.6) is 0 Å². The van der Waals surface area contributed by atoms with Crippen molar-refractivity contribution >= 4 is 29.9 Å². The summed E-state index contributed by atoms with van der Waals surface area (Å²) in [6.45, 7) is 13.8. The van der Waals surface area contributed by atoms with E-state index in [9.17, 15) is 0 Å². The van der Waals surface area contributed by atoms with Crippen molar-refractivity contribution in [3.63, 3.8) is 0 Å². The van der Waals surface area contributed by atoms with Gasteiger partial charge < -0.3 is 15.1 Å². The zero-order valence-corrected chi connectivity index (χ0v) is 19.6. The predicted octanol–water partition coefficient (Wildman–Crippen LogP) is 4.35. The quantitative estimate of drug-likeness (QED) is 0.372. The highest BCUT2D eigenvalue weighted by atomic mass is 127. The molecule has 3 rings (SSSR count). The number of rotatable bonds is 4. The lowest BCUT2D eigenvalue weighted by Gasteiger charge is -2.35. The van der Waals surface area contributed by atoms with Crippen LogP contribution >= 0.6 is 24.0 Å². The Bertz CT molecular complexity index is 445. The molecule has 1 aliphatic carbocycles. The summed E-state index contributed by atoms with van der Waals surface area (Å²) in [5.41, 5.74) is 0.605. The van der Waals surface area contributed by atoms with Crippen LogP contribution in [0.1, 0.15) is 72.1 Å². The molecule has 1 spiro atoms. The Hall–Kier alpha value is -0.0400. The molecule has 2 saturated heterocycles. The van der Waals surface area contributed by atoms with E-state index in [0.29, 0.717) is 11.5 Å². The van der Waals surface area contributed by atoms with Crippen LogP contribution in [0.4, 0.5) is 0 Å². The highest BCUT2D eigenvalue weighted by molar-refractivity contribution is 14.0. The summed E-state index contributed by atoms with van der Waals surface area (Å²) in [7, 11) is 0. The number of piperidine rings is 1. The Morgan fingerprint density at radius 2 is 1.88 bits per heavy atom. The van der Waals surface area contributed by atoms with Gasteiger partial charge in [0.2, 0.25) is 0 Å². The minimum absolute atomic E-state index is 0. The van der Waals surface area contributed by atoms with Gasteiger partial charge >= 0.3 is 0 Å². The van der Waals surface area contributed by atoms with Crippen LogP contribution in [0.15, 0.2) is 4.99 Å². The lowest BCUT2D eigenvalue weighted by molar-refractivity contribution is 0.143. The molecule has 26 heavy (non-hydrogen) atoms. The van der Waals surface area contributed by atoms with Gasteiger partial charge in [0.25, 0.3) is 0 Å². The maximum absolute atomic E-state index is 5.10. The van der Waals surface area contributed by atoms with Crippen LogP contribution in [-0.2, 0) is 0 Å². The smallest absolute Gasteiger partial charge is 0.193 e. The Balaban J connectivity index is 0.00000243. The molecule has 1 unspecified atom stereocenters. The van der Waals surface area contributed by atoms with E-state index in [0.717, 1.165) is 19.0 Å². The molecule has 1 saturated carbocycles. The van der Waals surface area contributed by atoms with E-state index in [4.69, 9.17) is 4.99 Å². The average Bonchev–Trinajstić information content (AvgIpc) is 3.02. The van der Waals surface area contributed by atoms with E-state index in [1.54, 1.807) is 0 Å². The fourth-order valence-electron chi connectivity index (χ4n) is 5.18. The fourth-order valence-corrected chi connectivity index (χ4v) is 5.18. The van der Waals surface area contributed by atoms with Gasteiger partial charge in [-0.25, -0.2) is 0 Å². The van der Waals surface area contributed by atoms with Gasteiger partial charge in [0.1, 0.15) is 0 Å². The van der Waals surface area contributed by atoms with Crippen molar-refractivity contribution in [1.82, 2.24) is 15.1 Å². The van der Waals surface area contributed by atoms with Gasteiger partial charge in [-0.3, -0.25) is 4.99 Å². The van der Waals surface area contributed by atoms with Crippen LogP contribution < -0.4 is 5.32 Å². The average molecular weight is 476 g/mol. The molecule has 0 bridgehead atoms. The van der Waals surface area contributed by atoms with Crippen LogP contribution in [0.3, 0.4) is 0 Å². The lowest BCUT2D eigenvalue weighted by atomic mass is 9.73. The molecule has 3 aliphatic rings. The molecule has 2 heterocycles. The number of likely N-dealkylation sites (tertiary alicyclic amines) is 2. The summed E-state index contributed by atoms with van der Waals surface area (Å²) in [4.78, 5) is 10.3. The van der Waals surface area contributed by atoms with Crippen LogP contribution in [0, 0.1) is 11.3 Å². The molecule has 0 amide bonds. The summed E-state index contributed by atoms with van der Waals surface area (Å²) in [6.07, 6.45) is 11.3. The highest BCUT2D eigenvalue weighted by Gasteiger charge is 2.39. The Morgan fingerprint density at radius 3 is 2.58 bits per heavy atom. The first-order valence-corrected chi connectivity index (χ1v) is 10.9. The molecule has 0 aromatic carbocycles. The molecule has 1 atom stereocenters. The first kappa shape index (κ1) is 22.3. The van der Waals surface area contributed by atoms with Gasteiger partial charge in [-0.2, -0.15) is 0 Å². The topological polar surface area (TPSA) is 30.9 Å². The third kappa shape index (κ3) is 5.73. The molecular formula is C21H41IN4. The maximum Gasteiger partial charge on any atom is 0.193 e. The molecule has 0 aromatic rings. The van der Waals surface area contributed by atoms with Gasteiger partial charge in [0.15, 0.2) is 5.96 Å². The Labute approximate surface area is 178 Å². The Morgan fingerprint density at radius 1 is 1.12 bits per heavy atom. The van der Waals surface area contributed by atoms with Crippen molar-refractivity contribution in [1.29, 1.82) is 0 Å².